The van der Waals surface area contributed by atoms with E-state index in [9.17, 15) is 20.3 Å². The van der Waals surface area contributed by atoms with Crippen molar-refractivity contribution in [2.24, 2.45) is 0 Å². The third-order valence-corrected chi connectivity index (χ3v) is 5.12. The summed E-state index contributed by atoms with van der Waals surface area (Å²) in [6, 6.07) is 12.4. The lowest BCUT2D eigenvalue weighted by molar-refractivity contribution is -0.384. The Kier molecular flexibility index (Phi) is 6.06. The average molecular weight is 383 g/mol. The molecular formula is C21H25N3O4. The van der Waals surface area contributed by atoms with Gasteiger partial charge in [0.2, 0.25) is 11.6 Å². The number of hydrogen-bond acceptors (Lipinski definition) is 6. The molecule has 1 aromatic heterocycles. The fourth-order valence-electron chi connectivity index (χ4n) is 3.70. The second kappa shape index (κ2) is 8.50. The van der Waals surface area contributed by atoms with E-state index in [0.29, 0.717) is 6.54 Å². The first kappa shape index (κ1) is 20.0. The Balaban J connectivity index is 2.08. The maximum absolute atomic E-state index is 11.7. The predicted molar refractivity (Wildman–Crippen MR) is 107 cm³/mol. The summed E-state index contributed by atoms with van der Waals surface area (Å²) in [5.41, 5.74) is 0.853. The SMILES string of the molecule is C=CCC(O)(O)c1ccc([N+](=O)[O-])c(N(Cc2ccccc2)C2CCCC2)n1. The molecule has 0 unspecified atom stereocenters. The first-order valence-corrected chi connectivity index (χ1v) is 9.44. The van der Waals surface area contributed by atoms with Gasteiger partial charge in [-0.3, -0.25) is 10.1 Å². The van der Waals surface area contributed by atoms with Crippen LogP contribution in [-0.4, -0.2) is 26.2 Å². The van der Waals surface area contributed by atoms with Gasteiger partial charge in [0.1, 0.15) is 5.69 Å². The number of anilines is 1. The molecule has 0 aliphatic heterocycles. The van der Waals surface area contributed by atoms with Crippen molar-refractivity contribution < 1.29 is 15.1 Å². The van der Waals surface area contributed by atoms with Crippen molar-refractivity contribution in [1.82, 2.24) is 4.98 Å². The summed E-state index contributed by atoms with van der Waals surface area (Å²) in [6.45, 7) is 3.99. The minimum Gasteiger partial charge on any atom is -0.361 e. The van der Waals surface area contributed by atoms with Crippen molar-refractivity contribution >= 4 is 11.5 Å². The minimum absolute atomic E-state index is 0.0240. The molecule has 2 aromatic rings. The fraction of sp³-hybridized carbons (Fsp3) is 0.381. The second-order valence-electron chi connectivity index (χ2n) is 7.16. The first-order chi connectivity index (χ1) is 13.4. The van der Waals surface area contributed by atoms with E-state index in [0.717, 1.165) is 31.2 Å². The molecule has 3 rings (SSSR count). The van der Waals surface area contributed by atoms with Crippen LogP contribution in [0, 0.1) is 10.1 Å². The highest BCUT2D eigenvalue weighted by Crippen LogP contribution is 2.36. The summed E-state index contributed by atoms with van der Waals surface area (Å²) in [4.78, 5) is 17.5. The molecule has 1 fully saturated rings. The third kappa shape index (κ3) is 4.37. The summed E-state index contributed by atoms with van der Waals surface area (Å²) in [5, 5.41) is 32.3. The van der Waals surface area contributed by atoms with Crippen LogP contribution in [0.1, 0.15) is 43.4 Å². The highest BCUT2D eigenvalue weighted by Gasteiger charge is 2.33. The Bertz CT molecular complexity index is 833. The number of rotatable bonds is 8. The maximum atomic E-state index is 11.7. The quantitative estimate of drug-likeness (QED) is 0.312. The summed E-state index contributed by atoms with van der Waals surface area (Å²) >= 11 is 0. The van der Waals surface area contributed by atoms with Crippen LogP contribution in [-0.2, 0) is 12.3 Å². The minimum atomic E-state index is -2.22. The van der Waals surface area contributed by atoms with Crippen LogP contribution in [0.3, 0.4) is 0 Å². The van der Waals surface area contributed by atoms with Gasteiger partial charge < -0.3 is 15.1 Å². The number of benzene rings is 1. The number of pyridine rings is 1. The Morgan fingerprint density at radius 3 is 2.50 bits per heavy atom. The Morgan fingerprint density at radius 2 is 1.89 bits per heavy atom. The smallest absolute Gasteiger partial charge is 0.311 e. The van der Waals surface area contributed by atoms with E-state index in [1.165, 1.54) is 18.2 Å². The molecule has 1 saturated carbocycles. The number of nitrogens with zero attached hydrogens (tertiary/aromatic N) is 3. The first-order valence-electron chi connectivity index (χ1n) is 9.44. The molecule has 7 nitrogen and oxygen atoms in total. The Hall–Kier alpha value is -2.77. The molecule has 1 aliphatic rings. The van der Waals surface area contributed by atoms with E-state index in [1.807, 2.05) is 35.2 Å². The van der Waals surface area contributed by atoms with Crippen LogP contribution >= 0.6 is 0 Å². The predicted octanol–water partition coefficient (Wildman–Crippen LogP) is 3.65. The van der Waals surface area contributed by atoms with Gasteiger partial charge in [0.05, 0.1) is 4.92 Å². The van der Waals surface area contributed by atoms with Crippen molar-refractivity contribution in [3.05, 3.63) is 76.5 Å². The van der Waals surface area contributed by atoms with Crippen LogP contribution in [0.5, 0.6) is 0 Å². The molecule has 148 valence electrons. The van der Waals surface area contributed by atoms with Crippen molar-refractivity contribution in [3.8, 4) is 0 Å². The van der Waals surface area contributed by atoms with E-state index >= 15 is 0 Å². The van der Waals surface area contributed by atoms with Crippen LogP contribution < -0.4 is 4.90 Å². The van der Waals surface area contributed by atoms with E-state index in [4.69, 9.17) is 0 Å². The van der Waals surface area contributed by atoms with Crippen molar-refractivity contribution in [2.75, 3.05) is 4.90 Å². The molecule has 28 heavy (non-hydrogen) atoms. The summed E-state index contributed by atoms with van der Waals surface area (Å²) in [7, 11) is 0. The highest BCUT2D eigenvalue weighted by molar-refractivity contribution is 5.59. The van der Waals surface area contributed by atoms with E-state index in [1.54, 1.807) is 0 Å². The lowest BCUT2D eigenvalue weighted by Crippen LogP contribution is -2.35. The summed E-state index contributed by atoms with van der Waals surface area (Å²) in [5.74, 6) is -2.05. The van der Waals surface area contributed by atoms with Gasteiger partial charge in [0, 0.05) is 25.1 Å². The zero-order chi connectivity index (χ0) is 20.1. The van der Waals surface area contributed by atoms with Gasteiger partial charge >= 0.3 is 5.69 Å². The number of aromatic nitrogens is 1. The van der Waals surface area contributed by atoms with E-state index < -0.39 is 10.7 Å². The molecule has 0 spiro atoms. The van der Waals surface area contributed by atoms with Gasteiger partial charge in [0.15, 0.2) is 0 Å². The Morgan fingerprint density at radius 1 is 1.21 bits per heavy atom. The fourth-order valence-corrected chi connectivity index (χ4v) is 3.70. The van der Waals surface area contributed by atoms with Gasteiger partial charge in [-0.05, 0) is 24.5 Å². The number of aliphatic hydroxyl groups is 2. The molecule has 0 amide bonds. The Labute approximate surface area is 164 Å². The molecule has 0 bridgehead atoms. The van der Waals surface area contributed by atoms with Crippen LogP contribution in [0.25, 0.3) is 0 Å². The monoisotopic (exact) mass is 383 g/mol. The van der Waals surface area contributed by atoms with Gasteiger partial charge in [-0.15, -0.1) is 6.58 Å². The number of hydrogen-bond donors (Lipinski definition) is 2. The van der Waals surface area contributed by atoms with Crippen molar-refractivity contribution in [2.45, 2.75) is 50.5 Å². The van der Waals surface area contributed by atoms with Gasteiger partial charge in [-0.25, -0.2) is 4.98 Å². The standard InChI is InChI=1S/C21H25N3O4/c1-2-14-21(25,26)19-13-12-18(24(27)28)20(22-19)23(17-10-6-7-11-17)15-16-8-4-3-5-9-16/h2-5,8-9,12-13,17,25-26H,1,6-7,10-11,14-15H2. The van der Waals surface area contributed by atoms with Crippen molar-refractivity contribution in [1.29, 1.82) is 0 Å². The van der Waals surface area contributed by atoms with Gasteiger partial charge in [0.25, 0.3) is 0 Å². The number of nitro groups is 1. The largest absolute Gasteiger partial charge is 0.361 e. The van der Waals surface area contributed by atoms with E-state index in [2.05, 4.69) is 11.6 Å². The summed E-state index contributed by atoms with van der Waals surface area (Å²) in [6.07, 6.45) is 5.21. The topological polar surface area (TPSA) is 99.7 Å². The molecule has 7 heteroatoms. The van der Waals surface area contributed by atoms with Crippen molar-refractivity contribution in [3.63, 3.8) is 0 Å². The molecule has 2 N–H and O–H groups in total. The second-order valence-corrected chi connectivity index (χ2v) is 7.16. The average Bonchev–Trinajstić information content (AvgIpc) is 3.21. The molecule has 0 radical (unpaired) electrons. The zero-order valence-corrected chi connectivity index (χ0v) is 15.7. The van der Waals surface area contributed by atoms with Crippen LogP contribution in [0.15, 0.2) is 55.1 Å². The molecule has 1 heterocycles. The third-order valence-electron chi connectivity index (χ3n) is 5.12. The highest BCUT2D eigenvalue weighted by atomic mass is 16.6. The maximum Gasteiger partial charge on any atom is 0.311 e. The molecule has 0 atom stereocenters. The molecular weight excluding hydrogens is 358 g/mol. The zero-order valence-electron chi connectivity index (χ0n) is 15.7. The normalized spacial score (nSPS) is 14.8. The lowest BCUT2D eigenvalue weighted by Gasteiger charge is -2.31. The summed E-state index contributed by atoms with van der Waals surface area (Å²) < 4.78 is 0. The van der Waals surface area contributed by atoms with Crippen LogP contribution in [0.4, 0.5) is 11.5 Å². The molecule has 1 aliphatic carbocycles. The molecule has 0 saturated heterocycles. The van der Waals surface area contributed by atoms with E-state index in [-0.39, 0.29) is 29.7 Å². The van der Waals surface area contributed by atoms with Gasteiger partial charge in [-0.2, -0.15) is 0 Å². The molecule has 1 aromatic carbocycles. The van der Waals surface area contributed by atoms with Gasteiger partial charge in [-0.1, -0.05) is 49.2 Å². The van der Waals surface area contributed by atoms with Crippen LogP contribution in [0.2, 0.25) is 0 Å². The lowest BCUT2D eigenvalue weighted by atomic mass is 10.1.